The van der Waals surface area contributed by atoms with Crippen LogP contribution in [-0.4, -0.2) is 133 Å². The molecule has 2 saturated carbocycles. The van der Waals surface area contributed by atoms with Gasteiger partial charge in [-0.05, 0) is 95.5 Å². The number of aromatic nitrogens is 12. The maximum absolute atomic E-state index is 14.6. The van der Waals surface area contributed by atoms with Gasteiger partial charge >= 0.3 is 6.18 Å². The van der Waals surface area contributed by atoms with Gasteiger partial charge in [-0.15, -0.1) is 0 Å². The van der Waals surface area contributed by atoms with Gasteiger partial charge in [0.05, 0.1) is 27.7 Å². The average Bonchev–Trinajstić information content (AvgIpc) is 2.52. The topological polar surface area (TPSA) is 269 Å². The van der Waals surface area contributed by atoms with Gasteiger partial charge in [-0.1, -0.05) is 34.8 Å². The van der Waals surface area contributed by atoms with E-state index in [1.807, 2.05) is 18.3 Å². The van der Waals surface area contributed by atoms with Crippen LogP contribution in [0.25, 0.3) is 67.3 Å². The first kappa shape index (κ1) is 57.5. The highest BCUT2D eigenvalue weighted by atomic mass is 35.5. The summed E-state index contributed by atoms with van der Waals surface area (Å²) in [6.07, 6.45) is 16.5. The smallest absolute Gasteiger partial charge is 0.356 e. The van der Waals surface area contributed by atoms with E-state index in [9.17, 15) is 31.9 Å². The Balaban J connectivity index is 0.000000184. The predicted molar refractivity (Wildman–Crippen MR) is 319 cm³/mol. The highest BCUT2D eigenvalue weighted by Crippen LogP contribution is 2.35. The number of alkyl halides is 3. The number of carbonyl (C=O) groups excluding carboxylic acids is 3. The average molecular weight is 1220 g/mol. The number of rotatable bonds is 14. The number of carbonyl (C=O) groups is 3. The lowest BCUT2D eigenvalue weighted by molar-refractivity contribution is -0.136. The minimum absolute atomic E-state index is 0. The molecular weight excluding hydrogens is 1160 g/mol. The van der Waals surface area contributed by atoms with E-state index in [2.05, 4.69) is 81.0 Å². The number of aromatic amines is 3. The molecule has 0 unspecified atom stereocenters. The lowest BCUT2D eigenvalue weighted by atomic mass is 10.0. The third-order valence-corrected chi connectivity index (χ3v) is 15.1. The van der Waals surface area contributed by atoms with Crippen molar-refractivity contribution in [3.05, 3.63) is 107 Å². The quantitative estimate of drug-likeness (QED) is 0.0499. The van der Waals surface area contributed by atoms with E-state index in [4.69, 9.17) is 39.8 Å². The molecule has 9 aromatic rings. The second-order valence-corrected chi connectivity index (χ2v) is 22.6. The van der Waals surface area contributed by atoms with Crippen molar-refractivity contribution in [2.45, 2.75) is 108 Å². The first-order chi connectivity index (χ1) is 40.3. The highest BCUT2D eigenvalue weighted by molar-refractivity contribution is 6.32. The zero-order valence-electron chi connectivity index (χ0n) is 45.2. The molecule has 0 aromatic carbocycles. The summed E-state index contributed by atoms with van der Waals surface area (Å²) in [5.41, 5.74) is 3.02. The number of anilines is 3. The van der Waals surface area contributed by atoms with Crippen molar-refractivity contribution in [1.82, 2.24) is 75.8 Å². The first-order valence-corrected chi connectivity index (χ1v) is 28.3. The van der Waals surface area contributed by atoms with Crippen LogP contribution in [0.2, 0.25) is 15.1 Å². The van der Waals surface area contributed by atoms with Crippen LogP contribution in [0.3, 0.4) is 0 Å². The van der Waals surface area contributed by atoms with Crippen molar-refractivity contribution in [3.63, 3.8) is 0 Å². The molecule has 21 nitrogen and oxygen atoms in total. The van der Waals surface area contributed by atoms with Crippen LogP contribution in [0.5, 0.6) is 0 Å². The summed E-state index contributed by atoms with van der Waals surface area (Å²) in [7, 11) is 0. The van der Waals surface area contributed by atoms with Crippen molar-refractivity contribution >= 4 is 103 Å². The van der Waals surface area contributed by atoms with E-state index in [-0.39, 0.29) is 35.4 Å². The third kappa shape index (κ3) is 13.4. The molecule has 444 valence electrons. The van der Waals surface area contributed by atoms with Crippen LogP contribution in [0.15, 0.2) is 86.1 Å². The molecule has 4 fully saturated rings. The largest absolute Gasteiger partial charge is 0.390 e. The number of H-pyrrole nitrogens is 3. The Hall–Kier alpha value is -8.29. The monoisotopic (exact) mass is 1220 g/mol. The fourth-order valence-corrected chi connectivity index (χ4v) is 10.4. The van der Waals surface area contributed by atoms with Gasteiger partial charge in [-0.3, -0.25) is 14.4 Å². The zero-order chi connectivity index (χ0) is 58.9. The number of pyridine rings is 3. The Morgan fingerprint density at radius 1 is 0.631 bits per heavy atom. The Bertz CT molecular complexity index is 3930. The number of nitrogens with one attached hydrogen (secondary N) is 7. The minimum atomic E-state index is -4.33. The van der Waals surface area contributed by atoms with Crippen molar-refractivity contribution in [2.24, 2.45) is 0 Å². The van der Waals surface area contributed by atoms with Crippen molar-refractivity contribution < 1.29 is 37.7 Å². The van der Waals surface area contributed by atoms with Gasteiger partial charge in [-0.25, -0.2) is 49.2 Å². The Morgan fingerprint density at radius 2 is 1.11 bits per heavy atom. The Labute approximate surface area is 497 Å². The van der Waals surface area contributed by atoms with Gasteiger partial charge in [0.25, 0.3) is 0 Å². The number of halogens is 7. The summed E-state index contributed by atoms with van der Waals surface area (Å²) >= 11 is 18.2. The first-order valence-electron chi connectivity index (χ1n) is 27.2. The van der Waals surface area contributed by atoms with Crippen molar-refractivity contribution in [3.8, 4) is 34.2 Å². The van der Waals surface area contributed by atoms with E-state index in [0.29, 0.717) is 79.8 Å². The molecular formula is C56H63Cl3F4N18O3. The SMILES string of the molecule is CC(C)(Nc1ccnc(-c2c[nH]c3ncc(Cl)cc23)n1)C(=O)NCCC(F)(F)F.O=C(NC1CC1)[C@H]1CCCN1c1ccnc(-c2c[nH]c3ncc(Cl)cc23)n1.O=C(NC1CC1)[C@H]1CCCN1c1nc(-c2c[nH]c3ncc(Cl)cc23)ncc1F.[HH].[HH].[HH].[HH]. The standard InChI is InChI=1S/C19H18ClFN6O.C19H19ClN6O.C18H18ClF3N6O.4H2/c20-10-6-12-13(8-23-16(12)22-7-10)17-24-9-14(21)18(26-17)27-5-1-2-15(27)19(28)25-11-3-4-11;20-11-8-13-14(10-23-17(13)22-9-11)18-21-6-5-16(25-18)26-7-1-2-15(26)19(27)24-12-3-4-12;1-17(2,16(29)24-6-4-18(20,21)22)28-13-3-5-23-15(27-13)12-9-26-14-11(12)7-10(19)8-25-14;;;;/h6-9,11,15H,1-5H2,(H,22,23)(H,25,28);5-6,8-10,12,15H,1-4,7H2,(H,22,23)(H,24,27);3,5,7-9H,4,6H2,1-2H3,(H,24,29)(H,25,26)(H,23,27,28);4*1H/t2*15-;;;;;/m11...../s1. The molecule has 0 bridgehead atoms. The van der Waals surface area contributed by atoms with Gasteiger partial charge in [0.2, 0.25) is 17.7 Å². The van der Waals surface area contributed by atoms with E-state index in [1.54, 1.807) is 67.9 Å². The molecule has 28 heteroatoms. The predicted octanol–water partition coefficient (Wildman–Crippen LogP) is 10.9. The summed E-state index contributed by atoms with van der Waals surface area (Å²) in [5.74, 6) is 1.54. The Kier molecular flexibility index (Phi) is 16.5. The van der Waals surface area contributed by atoms with Crippen LogP contribution >= 0.6 is 34.8 Å². The number of hydrogen-bond acceptors (Lipinski definition) is 15. The summed E-state index contributed by atoms with van der Waals surface area (Å²) < 4.78 is 51.4. The molecule has 4 aliphatic rings. The molecule has 2 atom stereocenters. The van der Waals surface area contributed by atoms with E-state index in [1.165, 1.54) is 12.4 Å². The molecule has 3 amide bonds. The highest BCUT2D eigenvalue weighted by Gasteiger charge is 2.38. The van der Waals surface area contributed by atoms with E-state index < -0.39 is 42.4 Å². The molecule has 9 aromatic heterocycles. The summed E-state index contributed by atoms with van der Waals surface area (Å²) in [6.45, 7) is 4.00. The molecule has 0 radical (unpaired) electrons. The summed E-state index contributed by atoms with van der Waals surface area (Å²) in [6, 6.07) is 8.85. The minimum Gasteiger partial charge on any atom is -0.356 e. The Morgan fingerprint density at radius 3 is 1.62 bits per heavy atom. The van der Waals surface area contributed by atoms with Gasteiger partial charge in [-0.2, -0.15) is 13.2 Å². The number of nitrogens with zero attached hydrogens (tertiary/aromatic N) is 11. The van der Waals surface area contributed by atoms with Crippen LogP contribution < -0.4 is 31.1 Å². The van der Waals surface area contributed by atoms with Crippen molar-refractivity contribution in [1.29, 1.82) is 0 Å². The number of fused-ring (bicyclic) bond motifs is 3. The van der Waals surface area contributed by atoms with Gasteiger partial charge in [0.1, 0.15) is 46.2 Å². The molecule has 84 heavy (non-hydrogen) atoms. The molecule has 2 aliphatic carbocycles. The van der Waals surface area contributed by atoms with Crippen LogP contribution in [0.1, 0.15) is 77.3 Å². The second kappa shape index (κ2) is 24.1. The second-order valence-electron chi connectivity index (χ2n) is 21.3. The van der Waals surface area contributed by atoms with Gasteiger partial charge < -0.3 is 46.0 Å². The van der Waals surface area contributed by atoms with E-state index >= 15 is 0 Å². The zero-order valence-corrected chi connectivity index (χ0v) is 47.4. The molecule has 13 rings (SSSR count). The molecule has 7 N–H and O–H groups in total. The molecule has 2 saturated heterocycles. The fourth-order valence-electron chi connectivity index (χ4n) is 9.95. The number of hydrogen-bond donors (Lipinski definition) is 7. The maximum atomic E-state index is 14.6. The third-order valence-electron chi connectivity index (χ3n) is 14.5. The van der Waals surface area contributed by atoms with Gasteiger partial charge in [0.15, 0.2) is 29.1 Å². The summed E-state index contributed by atoms with van der Waals surface area (Å²) in [4.78, 5) is 89.6. The lowest BCUT2D eigenvalue weighted by Crippen LogP contribution is -2.48. The molecule has 2 aliphatic heterocycles. The van der Waals surface area contributed by atoms with E-state index in [0.717, 1.165) is 90.9 Å². The van der Waals surface area contributed by atoms with Crippen LogP contribution in [0.4, 0.5) is 35.0 Å². The van der Waals surface area contributed by atoms with Gasteiger partial charge in [0, 0.05) is 120 Å². The fraction of sp³-hybridized carbons (Fsp3) is 0.357. The maximum Gasteiger partial charge on any atom is 0.390 e. The number of amides is 3. The normalized spacial score (nSPS) is 17.0. The van der Waals surface area contributed by atoms with Crippen LogP contribution in [-0.2, 0) is 14.4 Å². The molecule has 0 spiro atoms. The summed E-state index contributed by atoms with van der Waals surface area (Å²) in [5, 5.41) is 15.2. The van der Waals surface area contributed by atoms with Crippen molar-refractivity contribution in [2.75, 3.05) is 34.8 Å². The van der Waals surface area contributed by atoms with Crippen LogP contribution in [0, 0.1) is 5.82 Å². The lowest BCUT2D eigenvalue weighted by Gasteiger charge is -2.26. The molecule has 11 heterocycles.